The Morgan fingerprint density at radius 3 is 0.963 bits per heavy atom. The summed E-state index contributed by atoms with van der Waals surface area (Å²) in [5.74, 6) is 1.37. The van der Waals surface area contributed by atoms with Crippen LogP contribution in [-0.4, -0.2) is 129 Å². The van der Waals surface area contributed by atoms with Crippen molar-refractivity contribution in [1.29, 1.82) is 0 Å². The molecule has 0 bridgehead atoms. The molecule has 107 heavy (non-hydrogen) atoms. The van der Waals surface area contributed by atoms with E-state index in [0.29, 0.717) is 46.2 Å². The van der Waals surface area contributed by atoms with Gasteiger partial charge in [0.2, 0.25) is 0 Å². The molecule has 0 saturated carbocycles. The van der Waals surface area contributed by atoms with E-state index in [1.165, 1.54) is 20.7 Å². The van der Waals surface area contributed by atoms with Crippen LogP contribution in [0.5, 0.6) is 11.5 Å². The van der Waals surface area contributed by atoms with Crippen LogP contribution in [0.15, 0.2) is 261 Å². The van der Waals surface area contributed by atoms with Crippen molar-refractivity contribution in [2.75, 3.05) is 27.4 Å². The summed E-state index contributed by atoms with van der Waals surface area (Å²) in [6, 6.07) is 89.1. The zero-order chi connectivity index (χ0) is 75.6. The fourth-order valence-electron chi connectivity index (χ4n) is 15.5. The molecule has 568 valence electrons. The number of ether oxygens (including phenoxy) is 11. The molecular weight excluding hydrogens is 1370 g/mol. The van der Waals surface area contributed by atoms with Crippen molar-refractivity contribution in [2.45, 2.75) is 199 Å². The van der Waals surface area contributed by atoms with Gasteiger partial charge in [0.25, 0.3) is 16.6 Å². The standard InChI is InChI=1S/C59H70O9Si.C32H42O5Si/c1-42-52(41-65-69(59(4,5)6,50-29-19-11-20-30-50)51-31-21-12-22-32-51)66-44(3)55(53(42)61-40-48-33-35-49(60-7)36-34-48)68-58-57(64-39-47-27-17-10-18-28-47)56(63-38-46-25-15-9-16-26-46)54(43(2)67-58)62-37-45-23-13-8-14-24-45;1-23-29(37-24(2)30(33)31(23)35-21-25-17-19-26(34-6)20-18-25)22-36-38(32(3,4)5,27-13-9-7-10-14-27)28-15-11-8-12-16-28/h8-36,42-44,52-58H,37-41H2,1-7H3;7-20,23-24,29-31,33H,21-22H2,1-6H3. The van der Waals surface area contributed by atoms with Crippen LogP contribution in [-0.2, 0) is 84.5 Å². The lowest BCUT2D eigenvalue weighted by atomic mass is 9.88. The van der Waals surface area contributed by atoms with E-state index < -0.39 is 71.8 Å². The number of aliphatic hydroxyl groups is 1. The molecular formula is C91H112O14Si2. The lowest BCUT2D eigenvalue weighted by molar-refractivity contribution is -0.351. The smallest absolute Gasteiger partial charge is 0.261 e. The molecule has 0 amide bonds. The Labute approximate surface area is 638 Å². The molecule has 0 radical (unpaired) electrons. The number of benzene rings is 9. The Kier molecular flexibility index (Phi) is 28.4. The van der Waals surface area contributed by atoms with E-state index in [1.807, 2.05) is 117 Å². The SMILES string of the molecule is COc1ccc(COC2C(C)C(CO[Si](c3ccccc3)(c3ccccc3)C(C)(C)C)OC(C)C2O)cc1.COc1ccc(COC2C(C)C(CO[Si](c3ccccc3)(c3ccccc3)C(C)(C)C)OC(C)C2OC2OC(C)C(OCc3ccccc3)C(OCc3ccccc3)C2OCc2ccccc2)cc1. The van der Waals surface area contributed by atoms with Crippen molar-refractivity contribution in [3.05, 3.63) is 289 Å². The fourth-order valence-corrected chi connectivity index (χ4v) is 24.6. The predicted octanol–water partition coefficient (Wildman–Crippen LogP) is 15.4. The number of aliphatic hydroxyl groups excluding tert-OH is 1. The minimum Gasteiger partial charge on any atom is -0.497 e. The molecule has 0 spiro atoms. The zero-order valence-electron chi connectivity index (χ0n) is 64.7. The van der Waals surface area contributed by atoms with Crippen molar-refractivity contribution in [3.63, 3.8) is 0 Å². The highest BCUT2D eigenvalue weighted by Gasteiger charge is 2.56. The third-order valence-corrected chi connectivity index (χ3v) is 31.4. The van der Waals surface area contributed by atoms with Crippen LogP contribution >= 0.6 is 0 Å². The molecule has 3 aliphatic heterocycles. The monoisotopic (exact) mass is 1480 g/mol. The molecule has 0 aliphatic carbocycles. The molecule has 16 heteroatoms. The Balaban J connectivity index is 0.000000253. The van der Waals surface area contributed by atoms with Gasteiger partial charge in [-0.1, -0.05) is 292 Å². The van der Waals surface area contributed by atoms with Crippen molar-refractivity contribution < 1.29 is 66.1 Å². The van der Waals surface area contributed by atoms with Crippen LogP contribution in [0.4, 0.5) is 0 Å². The summed E-state index contributed by atoms with van der Waals surface area (Å²) >= 11 is 0. The van der Waals surface area contributed by atoms with Crippen LogP contribution in [0.25, 0.3) is 0 Å². The Morgan fingerprint density at radius 2 is 0.607 bits per heavy atom. The molecule has 0 aromatic heterocycles. The molecule has 9 aromatic carbocycles. The molecule has 1 N–H and O–H groups in total. The van der Waals surface area contributed by atoms with E-state index in [-0.39, 0.29) is 46.3 Å². The highest BCUT2D eigenvalue weighted by atomic mass is 28.4. The van der Waals surface area contributed by atoms with E-state index in [0.717, 1.165) is 39.3 Å². The molecule has 3 aliphatic rings. The Hall–Kier alpha value is -7.47. The number of hydrogen-bond acceptors (Lipinski definition) is 14. The molecule has 9 aromatic rings. The summed E-state index contributed by atoms with van der Waals surface area (Å²) in [7, 11) is -2.27. The normalized spacial score (nSPS) is 24.9. The molecule has 15 atom stereocenters. The molecule has 14 nitrogen and oxygen atoms in total. The van der Waals surface area contributed by atoms with E-state index in [1.54, 1.807) is 14.2 Å². The van der Waals surface area contributed by atoms with Gasteiger partial charge < -0.3 is 66.1 Å². The van der Waals surface area contributed by atoms with Crippen LogP contribution in [0, 0.1) is 11.8 Å². The molecule has 3 fully saturated rings. The van der Waals surface area contributed by atoms with Gasteiger partial charge in [-0.05, 0) is 104 Å². The third kappa shape index (κ3) is 19.8. The van der Waals surface area contributed by atoms with Crippen molar-refractivity contribution >= 4 is 37.4 Å². The van der Waals surface area contributed by atoms with Gasteiger partial charge in [0.1, 0.15) is 42.0 Å². The van der Waals surface area contributed by atoms with Crippen LogP contribution in [0.1, 0.15) is 104 Å². The molecule has 12 rings (SSSR count). The van der Waals surface area contributed by atoms with E-state index >= 15 is 0 Å². The van der Waals surface area contributed by atoms with Crippen molar-refractivity contribution in [3.8, 4) is 11.5 Å². The first-order valence-corrected chi connectivity index (χ1v) is 41.8. The first kappa shape index (κ1) is 80.5. The van der Waals surface area contributed by atoms with Gasteiger partial charge in [-0.15, -0.1) is 0 Å². The summed E-state index contributed by atoms with van der Waals surface area (Å²) in [6.07, 6.45) is -6.49. The maximum atomic E-state index is 11.0. The van der Waals surface area contributed by atoms with Gasteiger partial charge in [0.15, 0.2) is 6.29 Å². The van der Waals surface area contributed by atoms with E-state index in [2.05, 4.69) is 220 Å². The topological polar surface area (TPSA) is 140 Å². The highest BCUT2D eigenvalue weighted by molar-refractivity contribution is 7.00. The number of hydrogen-bond donors (Lipinski definition) is 1. The number of rotatable bonds is 29. The van der Waals surface area contributed by atoms with Crippen LogP contribution in [0.2, 0.25) is 10.1 Å². The average molecular weight is 1490 g/mol. The largest absolute Gasteiger partial charge is 0.497 e. The summed E-state index contributed by atoms with van der Waals surface area (Å²) in [5.41, 5.74) is 5.16. The summed E-state index contributed by atoms with van der Waals surface area (Å²) in [6.45, 7) is 26.6. The second kappa shape index (κ2) is 37.8. The van der Waals surface area contributed by atoms with Crippen molar-refractivity contribution in [2.24, 2.45) is 11.8 Å². The maximum absolute atomic E-state index is 11.0. The van der Waals surface area contributed by atoms with Gasteiger partial charge in [-0.3, -0.25) is 0 Å². The predicted molar refractivity (Wildman–Crippen MR) is 428 cm³/mol. The fraction of sp³-hybridized carbons (Fsp3) is 0.407. The second-order valence-corrected chi connectivity index (χ2v) is 39.4. The van der Waals surface area contributed by atoms with Gasteiger partial charge in [0, 0.05) is 11.8 Å². The summed E-state index contributed by atoms with van der Waals surface area (Å²) in [5, 5.41) is 15.6. The maximum Gasteiger partial charge on any atom is 0.261 e. The van der Waals surface area contributed by atoms with Crippen LogP contribution in [0.3, 0.4) is 0 Å². The third-order valence-electron chi connectivity index (χ3n) is 21.4. The lowest BCUT2D eigenvalue weighted by Crippen LogP contribution is -2.68. The van der Waals surface area contributed by atoms with E-state index in [4.69, 9.17) is 61.0 Å². The first-order valence-electron chi connectivity index (χ1n) is 38.0. The summed E-state index contributed by atoms with van der Waals surface area (Å²) < 4.78 is 87.2. The van der Waals surface area contributed by atoms with Gasteiger partial charge in [0.05, 0.1) is 103 Å². The first-order chi connectivity index (χ1) is 51.7. The molecule has 15 unspecified atom stereocenters. The minimum absolute atomic E-state index is 0.0577. The van der Waals surface area contributed by atoms with Crippen molar-refractivity contribution in [1.82, 2.24) is 0 Å². The van der Waals surface area contributed by atoms with E-state index in [9.17, 15) is 5.11 Å². The minimum atomic E-state index is -2.90. The van der Waals surface area contributed by atoms with Gasteiger partial charge in [-0.25, -0.2) is 0 Å². The van der Waals surface area contributed by atoms with Gasteiger partial charge >= 0.3 is 0 Å². The average Bonchev–Trinajstić information content (AvgIpc) is 0.750. The summed E-state index contributed by atoms with van der Waals surface area (Å²) in [4.78, 5) is 0. The molecule has 3 heterocycles. The second-order valence-electron chi connectivity index (χ2n) is 30.8. The zero-order valence-corrected chi connectivity index (χ0v) is 66.7. The van der Waals surface area contributed by atoms with Gasteiger partial charge in [-0.2, -0.15) is 0 Å². The number of methoxy groups -OCH3 is 2. The lowest BCUT2D eigenvalue weighted by Gasteiger charge is -2.50. The Morgan fingerprint density at radius 1 is 0.318 bits per heavy atom. The molecule has 3 saturated heterocycles. The quantitative estimate of drug-likeness (QED) is 0.0445. The highest BCUT2D eigenvalue weighted by Crippen LogP contribution is 2.42. The Bertz CT molecular complexity index is 3950. The van der Waals surface area contributed by atoms with Crippen LogP contribution < -0.4 is 30.2 Å².